The van der Waals surface area contributed by atoms with Gasteiger partial charge in [-0.15, -0.1) is 0 Å². The van der Waals surface area contributed by atoms with Crippen LogP contribution in [0, 0.1) is 17.8 Å². The van der Waals surface area contributed by atoms with Gasteiger partial charge in [0.1, 0.15) is 0 Å². The molecule has 0 aromatic heterocycles. The van der Waals surface area contributed by atoms with Gasteiger partial charge in [-0.2, -0.15) is 0 Å². The van der Waals surface area contributed by atoms with Gasteiger partial charge in [0.05, 0.1) is 18.3 Å². The first-order chi connectivity index (χ1) is 11.7. The molecule has 0 saturated heterocycles. The molecule has 3 heteroatoms. The van der Waals surface area contributed by atoms with Crippen LogP contribution in [0.15, 0.2) is 0 Å². The molecule has 0 aliphatic heterocycles. The van der Waals surface area contributed by atoms with Crippen molar-refractivity contribution < 1.29 is 9.84 Å². The first kappa shape index (κ1) is 17.3. The number of hydrogen-bond acceptors (Lipinski definition) is 3. The average Bonchev–Trinajstić information content (AvgIpc) is 2.57. The monoisotopic (exact) mass is 335 g/mol. The van der Waals surface area contributed by atoms with Gasteiger partial charge in [0.2, 0.25) is 0 Å². The molecule has 0 spiro atoms. The predicted molar refractivity (Wildman–Crippen MR) is 97.0 cm³/mol. The minimum Gasteiger partial charge on any atom is -0.389 e. The molecule has 5 aliphatic rings. The molecule has 3 nitrogen and oxygen atoms in total. The highest BCUT2D eigenvalue weighted by Gasteiger charge is 2.51. The summed E-state index contributed by atoms with van der Waals surface area (Å²) in [6, 6.07) is 0.693. The molecule has 0 aromatic carbocycles. The second-order valence-corrected chi connectivity index (χ2v) is 9.44. The van der Waals surface area contributed by atoms with Crippen molar-refractivity contribution in [3.05, 3.63) is 0 Å². The Labute approximate surface area is 148 Å². The van der Waals surface area contributed by atoms with Gasteiger partial charge in [0.15, 0.2) is 0 Å². The maximum Gasteiger partial charge on any atom is 0.0900 e. The standard InChI is InChI=1S/C21H37NO2/c1-2-22(19-6-4-3-5-7-19)14-20(23)15-24-21-11-16-8-17(12-21)10-18(9-16)13-21/h16-20,23H,2-15H2,1H3. The Morgan fingerprint density at radius 1 is 1.00 bits per heavy atom. The zero-order valence-corrected chi connectivity index (χ0v) is 15.6. The van der Waals surface area contributed by atoms with Crippen LogP contribution in [-0.2, 0) is 4.74 Å². The Morgan fingerprint density at radius 3 is 2.12 bits per heavy atom. The van der Waals surface area contributed by atoms with Crippen LogP contribution in [-0.4, -0.2) is 47.4 Å². The van der Waals surface area contributed by atoms with Crippen molar-refractivity contribution in [2.24, 2.45) is 17.8 Å². The summed E-state index contributed by atoms with van der Waals surface area (Å²) < 4.78 is 6.46. The van der Waals surface area contributed by atoms with E-state index in [1.165, 1.54) is 70.6 Å². The second kappa shape index (κ2) is 7.25. The Balaban J connectivity index is 1.27. The number of hydrogen-bond donors (Lipinski definition) is 1. The number of aliphatic hydroxyl groups is 1. The van der Waals surface area contributed by atoms with Crippen LogP contribution in [0.4, 0.5) is 0 Å². The summed E-state index contributed by atoms with van der Waals surface area (Å²) in [5, 5.41) is 10.6. The van der Waals surface area contributed by atoms with Crippen LogP contribution in [0.2, 0.25) is 0 Å². The largest absolute Gasteiger partial charge is 0.389 e. The lowest BCUT2D eigenvalue weighted by Crippen LogP contribution is -2.53. The highest BCUT2D eigenvalue weighted by atomic mass is 16.5. The van der Waals surface area contributed by atoms with E-state index in [-0.39, 0.29) is 11.7 Å². The van der Waals surface area contributed by atoms with Crippen molar-refractivity contribution in [3.8, 4) is 0 Å². The minimum atomic E-state index is -0.320. The fourth-order valence-corrected chi connectivity index (χ4v) is 6.79. The summed E-state index contributed by atoms with van der Waals surface area (Å²) >= 11 is 0. The Bertz CT molecular complexity index is 383. The van der Waals surface area contributed by atoms with Crippen LogP contribution in [0.3, 0.4) is 0 Å². The molecule has 24 heavy (non-hydrogen) atoms. The van der Waals surface area contributed by atoms with E-state index in [4.69, 9.17) is 4.74 Å². The predicted octanol–water partition coefficient (Wildman–Crippen LogP) is 3.99. The number of nitrogens with zero attached hydrogens (tertiary/aromatic N) is 1. The molecule has 0 aromatic rings. The first-order valence-electron chi connectivity index (χ1n) is 10.7. The van der Waals surface area contributed by atoms with E-state index < -0.39 is 0 Å². The third kappa shape index (κ3) is 3.68. The van der Waals surface area contributed by atoms with E-state index in [9.17, 15) is 5.11 Å². The molecule has 138 valence electrons. The smallest absolute Gasteiger partial charge is 0.0900 e. The van der Waals surface area contributed by atoms with Gasteiger partial charge in [-0.25, -0.2) is 0 Å². The van der Waals surface area contributed by atoms with Crippen molar-refractivity contribution in [3.63, 3.8) is 0 Å². The molecule has 1 unspecified atom stereocenters. The normalized spacial score (nSPS) is 40.4. The summed E-state index contributed by atoms with van der Waals surface area (Å²) in [7, 11) is 0. The van der Waals surface area contributed by atoms with Crippen molar-refractivity contribution in [1.82, 2.24) is 4.90 Å². The Hall–Kier alpha value is -0.120. The maximum absolute atomic E-state index is 10.6. The number of aliphatic hydroxyl groups excluding tert-OH is 1. The molecule has 5 aliphatic carbocycles. The molecule has 5 fully saturated rings. The van der Waals surface area contributed by atoms with Gasteiger partial charge < -0.3 is 9.84 Å². The fraction of sp³-hybridized carbons (Fsp3) is 1.00. The number of rotatable bonds is 7. The zero-order valence-electron chi connectivity index (χ0n) is 15.6. The van der Waals surface area contributed by atoms with Crippen LogP contribution < -0.4 is 0 Å². The highest BCUT2D eigenvalue weighted by Crippen LogP contribution is 2.57. The van der Waals surface area contributed by atoms with Crippen molar-refractivity contribution in [2.75, 3.05) is 19.7 Å². The second-order valence-electron chi connectivity index (χ2n) is 9.44. The first-order valence-corrected chi connectivity index (χ1v) is 10.7. The van der Waals surface area contributed by atoms with Gasteiger partial charge in [-0.05, 0) is 75.7 Å². The topological polar surface area (TPSA) is 32.7 Å². The minimum absolute atomic E-state index is 0.137. The molecular formula is C21H37NO2. The maximum atomic E-state index is 10.6. The quantitative estimate of drug-likeness (QED) is 0.763. The van der Waals surface area contributed by atoms with Crippen molar-refractivity contribution in [2.45, 2.75) is 95.3 Å². The third-order valence-corrected chi connectivity index (χ3v) is 7.51. The van der Waals surface area contributed by atoms with Gasteiger partial charge in [0.25, 0.3) is 0 Å². The molecule has 4 bridgehead atoms. The Morgan fingerprint density at radius 2 is 1.58 bits per heavy atom. The molecule has 0 heterocycles. The van der Waals surface area contributed by atoms with Gasteiger partial charge in [0, 0.05) is 12.6 Å². The SMILES string of the molecule is CCN(CC(O)COC12CC3CC(CC(C3)C1)C2)C1CCCCC1. The van der Waals surface area contributed by atoms with Crippen LogP contribution in [0.5, 0.6) is 0 Å². The van der Waals surface area contributed by atoms with Crippen molar-refractivity contribution >= 4 is 0 Å². The van der Waals surface area contributed by atoms with E-state index in [0.717, 1.165) is 30.8 Å². The van der Waals surface area contributed by atoms with E-state index in [1.807, 2.05) is 0 Å². The highest BCUT2D eigenvalue weighted by molar-refractivity contribution is 5.03. The summed E-state index contributed by atoms with van der Waals surface area (Å²) in [4.78, 5) is 2.51. The lowest BCUT2D eigenvalue weighted by Gasteiger charge is -2.56. The van der Waals surface area contributed by atoms with E-state index in [1.54, 1.807) is 0 Å². The molecule has 1 N–H and O–H groups in total. The molecule has 0 amide bonds. The van der Waals surface area contributed by atoms with E-state index >= 15 is 0 Å². The third-order valence-electron chi connectivity index (χ3n) is 7.51. The zero-order chi connectivity index (χ0) is 16.6. The number of likely N-dealkylation sites (N-methyl/N-ethyl adjacent to an activating group) is 1. The van der Waals surface area contributed by atoms with Gasteiger partial charge in [-0.1, -0.05) is 26.2 Å². The summed E-state index contributed by atoms with van der Waals surface area (Å²) in [6.07, 6.45) is 14.6. The van der Waals surface area contributed by atoms with Crippen LogP contribution in [0.1, 0.15) is 77.6 Å². The molecule has 5 rings (SSSR count). The van der Waals surface area contributed by atoms with E-state index in [2.05, 4.69) is 11.8 Å². The molecule has 0 radical (unpaired) electrons. The van der Waals surface area contributed by atoms with Crippen molar-refractivity contribution in [1.29, 1.82) is 0 Å². The lowest BCUT2D eigenvalue weighted by molar-refractivity contribution is -0.176. The summed E-state index contributed by atoms with van der Waals surface area (Å²) in [5.74, 6) is 2.76. The van der Waals surface area contributed by atoms with E-state index in [0.29, 0.717) is 12.6 Å². The molecule has 1 atom stereocenters. The summed E-state index contributed by atoms with van der Waals surface area (Å²) in [5.41, 5.74) is 0.137. The van der Waals surface area contributed by atoms with Gasteiger partial charge in [-0.3, -0.25) is 4.90 Å². The summed E-state index contributed by atoms with van der Waals surface area (Å²) in [6.45, 7) is 4.64. The number of ether oxygens (including phenoxy) is 1. The van der Waals surface area contributed by atoms with Gasteiger partial charge >= 0.3 is 0 Å². The van der Waals surface area contributed by atoms with Crippen LogP contribution >= 0.6 is 0 Å². The fourth-order valence-electron chi connectivity index (χ4n) is 6.79. The lowest BCUT2D eigenvalue weighted by atomic mass is 9.54. The average molecular weight is 336 g/mol. The molecular weight excluding hydrogens is 298 g/mol. The van der Waals surface area contributed by atoms with Crippen LogP contribution in [0.25, 0.3) is 0 Å². The Kier molecular flexibility index (Phi) is 5.22. The molecule has 5 saturated carbocycles.